The van der Waals surface area contributed by atoms with Gasteiger partial charge in [0.15, 0.2) is 5.75 Å². The summed E-state index contributed by atoms with van der Waals surface area (Å²) in [4.78, 5) is 24.6. The van der Waals surface area contributed by atoms with Crippen LogP contribution in [0, 0.1) is 5.82 Å². The van der Waals surface area contributed by atoms with Crippen LogP contribution in [0.5, 0.6) is 11.6 Å². The molecular weight excluding hydrogens is 435 g/mol. The molecule has 8 nitrogen and oxygen atoms in total. The first-order valence-corrected chi connectivity index (χ1v) is 10.1. The van der Waals surface area contributed by atoms with Gasteiger partial charge in [0.25, 0.3) is 0 Å². The van der Waals surface area contributed by atoms with Gasteiger partial charge < -0.3 is 10.1 Å². The number of fused-ring (bicyclic) bond motifs is 1. The number of amides is 1. The van der Waals surface area contributed by atoms with Crippen LogP contribution in [0.4, 0.5) is 10.1 Å². The monoisotopic (exact) mass is 454 g/mol. The lowest BCUT2D eigenvalue weighted by molar-refractivity contribution is -0.115. The van der Waals surface area contributed by atoms with Gasteiger partial charge in [0, 0.05) is 17.3 Å². The molecule has 1 aromatic carbocycles. The van der Waals surface area contributed by atoms with E-state index in [9.17, 15) is 9.18 Å². The van der Waals surface area contributed by atoms with Crippen LogP contribution in [-0.2, 0) is 16.8 Å². The molecule has 4 rings (SSSR count). The molecule has 0 aliphatic heterocycles. The summed E-state index contributed by atoms with van der Waals surface area (Å²) in [7, 11) is 0. The Kier molecular flexibility index (Phi) is 5.75. The maximum Gasteiger partial charge on any atom is 0.230 e. The number of hydrogen-bond acceptors (Lipinski definition) is 6. The normalized spacial score (nSPS) is 11.5. The molecule has 0 radical (unpaired) electrons. The SMILES string of the molecule is CC(C)(C)n1cc(NC(=O)Cc2ncc(Oc3ncnc4ccc(Cl)cc34)cc2F)cn1. The Hall–Kier alpha value is -3.59. The van der Waals surface area contributed by atoms with Gasteiger partial charge in [0.05, 0.1) is 46.6 Å². The van der Waals surface area contributed by atoms with Crippen molar-refractivity contribution >= 4 is 34.1 Å². The predicted molar refractivity (Wildman–Crippen MR) is 118 cm³/mol. The van der Waals surface area contributed by atoms with Crippen LogP contribution in [0.2, 0.25) is 5.02 Å². The first kappa shape index (κ1) is 21.6. The molecule has 4 aromatic rings. The van der Waals surface area contributed by atoms with Crippen molar-refractivity contribution in [1.82, 2.24) is 24.7 Å². The molecule has 1 amide bonds. The van der Waals surface area contributed by atoms with Crippen molar-refractivity contribution in [2.24, 2.45) is 0 Å². The van der Waals surface area contributed by atoms with E-state index in [4.69, 9.17) is 16.3 Å². The Morgan fingerprint density at radius 2 is 2.00 bits per heavy atom. The van der Waals surface area contributed by atoms with Crippen molar-refractivity contribution in [2.75, 3.05) is 5.32 Å². The molecule has 3 heterocycles. The molecule has 0 unspecified atom stereocenters. The molecule has 0 saturated heterocycles. The fourth-order valence-corrected chi connectivity index (χ4v) is 3.12. The van der Waals surface area contributed by atoms with Crippen LogP contribution in [-0.4, -0.2) is 30.6 Å². The third kappa shape index (κ3) is 4.83. The van der Waals surface area contributed by atoms with Gasteiger partial charge in [0.1, 0.15) is 12.1 Å². The first-order valence-electron chi connectivity index (χ1n) is 9.76. The van der Waals surface area contributed by atoms with Crippen LogP contribution < -0.4 is 10.1 Å². The first-order chi connectivity index (χ1) is 15.2. The number of pyridine rings is 1. The highest BCUT2D eigenvalue weighted by molar-refractivity contribution is 6.31. The summed E-state index contributed by atoms with van der Waals surface area (Å²) in [6.07, 6.45) is 5.70. The molecule has 32 heavy (non-hydrogen) atoms. The van der Waals surface area contributed by atoms with E-state index < -0.39 is 11.7 Å². The van der Waals surface area contributed by atoms with Gasteiger partial charge in [-0.3, -0.25) is 14.5 Å². The minimum atomic E-state index is -0.667. The number of halogens is 2. The van der Waals surface area contributed by atoms with Crippen molar-refractivity contribution in [3.05, 3.63) is 65.7 Å². The van der Waals surface area contributed by atoms with Gasteiger partial charge in [-0.2, -0.15) is 5.10 Å². The zero-order valence-corrected chi connectivity index (χ0v) is 18.4. The number of anilines is 1. The molecule has 0 fully saturated rings. The molecule has 164 valence electrons. The van der Waals surface area contributed by atoms with Crippen LogP contribution in [0.15, 0.2) is 49.2 Å². The third-order valence-electron chi connectivity index (χ3n) is 4.55. The molecule has 0 spiro atoms. The minimum absolute atomic E-state index is 0.00588. The lowest BCUT2D eigenvalue weighted by Crippen LogP contribution is -2.22. The van der Waals surface area contributed by atoms with E-state index in [0.717, 1.165) is 6.07 Å². The van der Waals surface area contributed by atoms with Crippen LogP contribution >= 0.6 is 11.6 Å². The largest absolute Gasteiger partial charge is 0.437 e. The molecule has 0 bridgehead atoms. The van der Waals surface area contributed by atoms with Crippen molar-refractivity contribution in [1.29, 1.82) is 0 Å². The molecule has 0 saturated carbocycles. The molecule has 10 heteroatoms. The quantitative estimate of drug-likeness (QED) is 0.468. The van der Waals surface area contributed by atoms with Crippen molar-refractivity contribution in [3.63, 3.8) is 0 Å². The van der Waals surface area contributed by atoms with Gasteiger partial charge in [-0.1, -0.05) is 11.6 Å². The maximum atomic E-state index is 14.6. The fraction of sp³-hybridized carbons (Fsp3) is 0.227. The number of benzene rings is 1. The van der Waals surface area contributed by atoms with Crippen LogP contribution in [0.25, 0.3) is 10.9 Å². The smallest absolute Gasteiger partial charge is 0.230 e. The summed E-state index contributed by atoms with van der Waals surface area (Å²) in [5, 5.41) is 8.00. The lowest BCUT2D eigenvalue weighted by Gasteiger charge is -2.18. The molecular formula is C22H20ClFN6O2. The summed E-state index contributed by atoms with van der Waals surface area (Å²) in [5.41, 5.74) is 0.941. The topological polar surface area (TPSA) is 94.8 Å². The van der Waals surface area contributed by atoms with E-state index in [0.29, 0.717) is 21.6 Å². The number of carbonyl (C=O) groups is 1. The van der Waals surface area contributed by atoms with E-state index in [2.05, 4.69) is 25.4 Å². The predicted octanol–water partition coefficient (Wildman–Crippen LogP) is 4.74. The zero-order valence-electron chi connectivity index (χ0n) is 17.6. The van der Waals surface area contributed by atoms with Gasteiger partial charge in [0.2, 0.25) is 11.8 Å². The molecule has 3 aromatic heterocycles. The van der Waals surface area contributed by atoms with E-state index in [1.54, 1.807) is 35.3 Å². The summed E-state index contributed by atoms with van der Waals surface area (Å²) in [6, 6.07) is 6.26. The molecule has 0 aliphatic rings. The fourth-order valence-electron chi connectivity index (χ4n) is 2.94. The summed E-state index contributed by atoms with van der Waals surface area (Å²) in [5.74, 6) is -0.715. The van der Waals surface area contributed by atoms with Crippen LogP contribution in [0.1, 0.15) is 26.5 Å². The number of ether oxygens (including phenoxy) is 1. The molecule has 0 atom stereocenters. The lowest BCUT2D eigenvalue weighted by atomic mass is 10.1. The number of nitrogens with one attached hydrogen (secondary N) is 1. The van der Waals surface area contributed by atoms with Gasteiger partial charge in [-0.25, -0.2) is 14.4 Å². The van der Waals surface area contributed by atoms with Crippen LogP contribution in [0.3, 0.4) is 0 Å². The number of carbonyl (C=O) groups excluding carboxylic acids is 1. The summed E-state index contributed by atoms with van der Waals surface area (Å²) < 4.78 is 22.0. The second kappa shape index (κ2) is 8.51. The van der Waals surface area contributed by atoms with Gasteiger partial charge in [-0.05, 0) is 39.0 Å². The highest BCUT2D eigenvalue weighted by Crippen LogP contribution is 2.29. The minimum Gasteiger partial charge on any atom is -0.437 e. The zero-order chi connectivity index (χ0) is 22.9. The standard InChI is InChI=1S/C22H20ClFN6O2/c1-22(2,3)30-11-14(9-28-30)29-20(31)8-19-17(24)7-15(10-25-19)32-21-16-6-13(23)4-5-18(16)26-12-27-21/h4-7,9-12H,8H2,1-3H3,(H,29,31). The molecule has 1 N–H and O–H groups in total. The third-order valence-corrected chi connectivity index (χ3v) is 4.78. The Morgan fingerprint density at radius 1 is 1.19 bits per heavy atom. The second-order valence-corrected chi connectivity index (χ2v) is 8.55. The average molecular weight is 455 g/mol. The van der Waals surface area contributed by atoms with Crippen molar-refractivity contribution in [2.45, 2.75) is 32.7 Å². The average Bonchev–Trinajstić information content (AvgIpc) is 3.19. The van der Waals surface area contributed by atoms with Gasteiger partial charge >= 0.3 is 0 Å². The number of nitrogens with zero attached hydrogens (tertiary/aromatic N) is 5. The second-order valence-electron chi connectivity index (χ2n) is 8.11. The van der Waals surface area contributed by atoms with E-state index in [1.165, 1.54) is 12.5 Å². The Labute approximate surface area is 188 Å². The Balaban J connectivity index is 1.46. The van der Waals surface area contributed by atoms with Crippen molar-refractivity contribution in [3.8, 4) is 11.6 Å². The Bertz CT molecular complexity index is 1300. The summed E-state index contributed by atoms with van der Waals surface area (Å²) in [6.45, 7) is 5.98. The van der Waals surface area contributed by atoms with E-state index >= 15 is 0 Å². The number of aromatic nitrogens is 5. The Morgan fingerprint density at radius 3 is 2.72 bits per heavy atom. The van der Waals surface area contributed by atoms with Crippen molar-refractivity contribution < 1.29 is 13.9 Å². The van der Waals surface area contributed by atoms with Gasteiger partial charge in [-0.15, -0.1) is 0 Å². The van der Waals surface area contributed by atoms with E-state index in [-0.39, 0.29) is 29.3 Å². The molecule has 0 aliphatic carbocycles. The maximum absolute atomic E-state index is 14.6. The highest BCUT2D eigenvalue weighted by atomic mass is 35.5. The highest BCUT2D eigenvalue weighted by Gasteiger charge is 2.17. The van der Waals surface area contributed by atoms with E-state index in [1.807, 2.05) is 20.8 Å². The summed E-state index contributed by atoms with van der Waals surface area (Å²) >= 11 is 6.04. The number of hydrogen-bond donors (Lipinski definition) is 1. The number of rotatable bonds is 5.